The molecule has 2 aromatic carbocycles. The molecule has 0 aliphatic rings. The Balaban J connectivity index is 1.58. The molecule has 9 heteroatoms. The molecule has 4 rings (SSSR count). The topological polar surface area (TPSA) is 109 Å². The van der Waals surface area contributed by atoms with E-state index in [1.165, 1.54) is 0 Å². The van der Waals surface area contributed by atoms with Crippen LogP contribution in [0.25, 0.3) is 22.5 Å². The Labute approximate surface area is 157 Å². The number of benzene rings is 2. The van der Waals surface area contributed by atoms with Gasteiger partial charge in [0.15, 0.2) is 16.2 Å². The molecule has 136 valence electrons. The third-order valence-corrected chi connectivity index (χ3v) is 4.35. The Morgan fingerprint density at radius 1 is 1.30 bits per heavy atom. The molecule has 0 spiro atoms. The van der Waals surface area contributed by atoms with Gasteiger partial charge in [0.1, 0.15) is 6.54 Å². The van der Waals surface area contributed by atoms with E-state index in [0.717, 1.165) is 11.1 Å². The first-order chi connectivity index (χ1) is 13.0. The van der Waals surface area contributed by atoms with Crippen molar-refractivity contribution >= 4 is 34.9 Å². The fourth-order valence-electron chi connectivity index (χ4n) is 2.84. The molecule has 8 nitrogen and oxygen atoms in total. The smallest absolute Gasteiger partial charge is 0.408 e. The lowest BCUT2D eigenvalue weighted by Gasteiger charge is -2.09. The van der Waals surface area contributed by atoms with Gasteiger partial charge in [-0.05, 0) is 43.4 Å². The highest BCUT2D eigenvalue weighted by Gasteiger charge is 2.13. The monoisotopic (exact) mass is 381 g/mol. The number of fused-ring (bicyclic) bond motifs is 1. The summed E-state index contributed by atoms with van der Waals surface area (Å²) in [6.45, 7) is 1.98. The highest BCUT2D eigenvalue weighted by Crippen LogP contribution is 2.19. The van der Waals surface area contributed by atoms with Crippen LogP contribution in [0.1, 0.15) is 5.56 Å². The van der Waals surface area contributed by atoms with E-state index in [-0.39, 0.29) is 12.5 Å². The average molecular weight is 381 g/mol. The minimum Gasteiger partial charge on any atom is -0.408 e. The van der Waals surface area contributed by atoms with E-state index in [2.05, 4.69) is 20.5 Å². The lowest BCUT2D eigenvalue weighted by atomic mass is 10.1. The first-order valence-electron chi connectivity index (χ1n) is 8.14. The third kappa shape index (κ3) is 3.44. The number of nitrogens with zero attached hydrogens (tertiary/aromatic N) is 2. The Morgan fingerprint density at radius 3 is 2.96 bits per heavy atom. The molecule has 0 aliphatic heterocycles. The number of oxazole rings is 1. The zero-order chi connectivity index (χ0) is 19.0. The maximum atomic E-state index is 12.5. The van der Waals surface area contributed by atoms with E-state index < -0.39 is 5.76 Å². The molecular formula is C18H15N5O3S. The summed E-state index contributed by atoms with van der Waals surface area (Å²) < 4.78 is 6.94. The van der Waals surface area contributed by atoms with Gasteiger partial charge in [-0.2, -0.15) is 5.10 Å². The third-order valence-electron chi connectivity index (χ3n) is 4.04. The quantitative estimate of drug-likeness (QED) is 0.471. The fraction of sp³-hybridized carbons (Fsp3) is 0.111. The number of aromatic nitrogens is 4. The first kappa shape index (κ1) is 17.0. The number of aryl methyl sites for hydroxylation is 1. The Hall–Kier alpha value is -3.46. The molecule has 0 radical (unpaired) electrons. The highest BCUT2D eigenvalue weighted by atomic mass is 32.1. The molecule has 2 aromatic heterocycles. The zero-order valence-electron chi connectivity index (χ0n) is 14.3. The van der Waals surface area contributed by atoms with Gasteiger partial charge >= 0.3 is 5.76 Å². The van der Waals surface area contributed by atoms with Gasteiger partial charge in [0, 0.05) is 11.3 Å². The van der Waals surface area contributed by atoms with Crippen LogP contribution >= 0.6 is 12.2 Å². The van der Waals surface area contributed by atoms with Gasteiger partial charge < -0.3 is 9.73 Å². The van der Waals surface area contributed by atoms with Crippen molar-refractivity contribution in [2.75, 3.05) is 5.32 Å². The molecule has 3 N–H and O–H groups in total. The average Bonchev–Trinajstić information content (AvgIpc) is 3.16. The summed E-state index contributed by atoms with van der Waals surface area (Å²) in [4.78, 5) is 26.3. The van der Waals surface area contributed by atoms with E-state index in [1.54, 1.807) is 22.8 Å². The van der Waals surface area contributed by atoms with Crippen LogP contribution in [0.5, 0.6) is 0 Å². The molecule has 0 saturated carbocycles. The molecule has 2 heterocycles. The van der Waals surface area contributed by atoms with E-state index in [4.69, 9.17) is 16.6 Å². The van der Waals surface area contributed by atoms with Crippen LogP contribution in [-0.2, 0) is 11.3 Å². The summed E-state index contributed by atoms with van der Waals surface area (Å²) in [5, 5.41) is 9.77. The summed E-state index contributed by atoms with van der Waals surface area (Å²) in [5.41, 5.74) is 3.43. The minimum atomic E-state index is -0.541. The van der Waals surface area contributed by atoms with Crippen molar-refractivity contribution in [2.45, 2.75) is 13.5 Å². The van der Waals surface area contributed by atoms with Gasteiger partial charge in [0.05, 0.1) is 5.52 Å². The molecule has 0 fully saturated rings. The minimum absolute atomic E-state index is 0.00144. The van der Waals surface area contributed by atoms with Crippen molar-refractivity contribution in [1.29, 1.82) is 0 Å². The summed E-state index contributed by atoms with van der Waals surface area (Å²) in [6, 6.07) is 12.7. The maximum absolute atomic E-state index is 12.5. The molecule has 0 unspecified atom stereocenters. The highest BCUT2D eigenvalue weighted by molar-refractivity contribution is 7.71. The van der Waals surface area contributed by atoms with Crippen molar-refractivity contribution < 1.29 is 9.21 Å². The number of anilines is 1. The number of nitrogens with one attached hydrogen (secondary N) is 3. The largest absolute Gasteiger partial charge is 0.417 e. The second-order valence-corrected chi connectivity index (χ2v) is 6.47. The van der Waals surface area contributed by atoms with Gasteiger partial charge in [0.2, 0.25) is 5.91 Å². The van der Waals surface area contributed by atoms with E-state index >= 15 is 0 Å². The van der Waals surface area contributed by atoms with Gasteiger partial charge in [0.25, 0.3) is 0 Å². The predicted molar refractivity (Wildman–Crippen MR) is 103 cm³/mol. The second kappa shape index (κ2) is 6.69. The number of carbonyl (C=O) groups excluding carboxylic acids is 1. The van der Waals surface area contributed by atoms with E-state index in [9.17, 15) is 9.59 Å². The number of carbonyl (C=O) groups is 1. The molecular weight excluding hydrogens is 366 g/mol. The van der Waals surface area contributed by atoms with Crippen LogP contribution in [0.3, 0.4) is 0 Å². The van der Waals surface area contributed by atoms with Crippen LogP contribution in [0.4, 0.5) is 5.69 Å². The maximum Gasteiger partial charge on any atom is 0.417 e. The van der Waals surface area contributed by atoms with E-state index in [1.807, 2.05) is 31.2 Å². The zero-order valence-corrected chi connectivity index (χ0v) is 15.1. The number of hydrogen-bond donors (Lipinski definition) is 3. The van der Waals surface area contributed by atoms with Crippen molar-refractivity contribution in [3.63, 3.8) is 0 Å². The normalized spacial score (nSPS) is 11.0. The Kier molecular flexibility index (Phi) is 4.21. The van der Waals surface area contributed by atoms with Crippen LogP contribution in [0.2, 0.25) is 0 Å². The lowest BCUT2D eigenvalue weighted by Crippen LogP contribution is -2.19. The lowest BCUT2D eigenvalue weighted by molar-refractivity contribution is -0.116. The van der Waals surface area contributed by atoms with Crippen LogP contribution in [0.15, 0.2) is 51.7 Å². The predicted octanol–water partition coefficient (Wildman–Crippen LogP) is 2.99. The molecule has 4 aromatic rings. The van der Waals surface area contributed by atoms with Crippen molar-refractivity contribution in [3.05, 3.63) is 63.3 Å². The Bertz CT molecular complexity index is 1260. The number of amides is 1. The van der Waals surface area contributed by atoms with Crippen molar-refractivity contribution in [2.24, 2.45) is 0 Å². The van der Waals surface area contributed by atoms with Gasteiger partial charge in [-0.25, -0.2) is 4.79 Å². The molecule has 0 bridgehead atoms. The summed E-state index contributed by atoms with van der Waals surface area (Å²) in [7, 11) is 0. The number of H-pyrrole nitrogens is 2. The number of aromatic amines is 2. The molecule has 0 saturated heterocycles. The van der Waals surface area contributed by atoms with E-state index in [0.29, 0.717) is 27.4 Å². The summed E-state index contributed by atoms with van der Waals surface area (Å²) >= 11 is 5.27. The standard InChI is InChI=1S/C18H15N5O3S/c1-10-3-2-4-11(7-10)16-21-22-17(27)23(16)9-15(24)19-12-5-6-14-13(8-12)20-18(25)26-14/h2-8H,9H2,1H3,(H,19,24)(H,20,25)(H,22,27). The molecule has 0 atom stereocenters. The van der Waals surface area contributed by atoms with Crippen LogP contribution in [-0.4, -0.2) is 25.7 Å². The van der Waals surface area contributed by atoms with Crippen molar-refractivity contribution in [3.8, 4) is 11.4 Å². The summed E-state index contributed by atoms with van der Waals surface area (Å²) in [5.74, 6) is -0.221. The SMILES string of the molecule is Cc1cccc(-c2n[nH]c(=S)n2CC(=O)Nc2ccc3oc(=O)[nH]c3c2)c1. The van der Waals surface area contributed by atoms with Gasteiger partial charge in [-0.3, -0.25) is 19.4 Å². The number of rotatable bonds is 4. The van der Waals surface area contributed by atoms with Gasteiger partial charge in [-0.15, -0.1) is 0 Å². The molecule has 0 aliphatic carbocycles. The summed E-state index contributed by atoms with van der Waals surface area (Å²) in [6.07, 6.45) is 0. The Morgan fingerprint density at radius 2 is 2.15 bits per heavy atom. The van der Waals surface area contributed by atoms with Crippen LogP contribution in [0, 0.1) is 11.7 Å². The number of hydrogen-bond acceptors (Lipinski definition) is 5. The van der Waals surface area contributed by atoms with Gasteiger partial charge in [-0.1, -0.05) is 23.8 Å². The van der Waals surface area contributed by atoms with Crippen molar-refractivity contribution in [1.82, 2.24) is 19.7 Å². The molecule has 27 heavy (non-hydrogen) atoms. The fourth-order valence-corrected chi connectivity index (χ4v) is 3.04. The molecule has 1 amide bonds. The van der Waals surface area contributed by atoms with Crippen LogP contribution < -0.4 is 11.1 Å². The second-order valence-electron chi connectivity index (χ2n) is 6.08. The first-order valence-corrected chi connectivity index (χ1v) is 8.55.